The Hall–Kier alpha value is -2.78. The molecule has 160 valence electrons. The molecule has 0 unspecified atom stereocenters. The summed E-state index contributed by atoms with van der Waals surface area (Å²) in [5.41, 5.74) is 0.923. The lowest BCUT2D eigenvalue weighted by atomic mass is 9.97. The van der Waals surface area contributed by atoms with Crippen LogP contribution >= 0.6 is 0 Å². The second kappa shape index (κ2) is 8.53. The van der Waals surface area contributed by atoms with E-state index < -0.39 is 10.0 Å². The van der Waals surface area contributed by atoms with E-state index in [0.29, 0.717) is 49.7 Å². The van der Waals surface area contributed by atoms with Crippen molar-refractivity contribution in [2.24, 2.45) is 5.92 Å². The van der Waals surface area contributed by atoms with Crippen molar-refractivity contribution in [3.05, 3.63) is 48.0 Å². The zero-order chi connectivity index (χ0) is 21.1. The van der Waals surface area contributed by atoms with E-state index in [9.17, 15) is 13.2 Å². The normalized spacial score (nSPS) is 17.0. The molecule has 0 saturated carbocycles. The lowest BCUT2D eigenvalue weighted by Crippen LogP contribution is -2.42. The van der Waals surface area contributed by atoms with Crippen molar-refractivity contribution >= 4 is 15.9 Å². The maximum Gasteiger partial charge on any atom is 0.243 e. The summed E-state index contributed by atoms with van der Waals surface area (Å²) in [5, 5.41) is 2.94. The number of hydrogen-bond acceptors (Lipinski definition) is 6. The molecule has 1 fully saturated rings. The second-order valence-corrected chi connectivity index (χ2v) is 9.20. The van der Waals surface area contributed by atoms with Gasteiger partial charge in [-0.2, -0.15) is 4.31 Å². The molecule has 2 heterocycles. The van der Waals surface area contributed by atoms with Gasteiger partial charge in [-0.1, -0.05) is 6.07 Å². The van der Waals surface area contributed by atoms with E-state index in [1.807, 2.05) is 18.2 Å². The van der Waals surface area contributed by atoms with Crippen molar-refractivity contribution in [3.63, 3.8) is 0 Å². The Morgan fingerprint density at radius 2 is 1.80 bits per heavy atom. The molecule has 0 aromatic heterocycles. The largest absolute Gasteiger partial charge is 0.497 e. The standard InChI is InChI=1S/C21H24N2O6S/c1-27-17-3-5-18(6-4-17)30(25,26)23-10-8-16(9-11-23)21(24)22-13-15-2-7-19-20(12-15)29-14-28-19/h2-7,12,16H,8-11,13-14H2,1H3,(H,22,24). The van der Waals surface area contributed by atoms with Gasteiger partial charge in [0.15, 0.2) is 11.5 Å². The van der Waals surface area contributed by atoms with Gasteiger partial charge < -0.3 is 19.5 Å². The molecule has 1 amide bonds. The molecule has 0 radical (unpaired) electrons. The van der Waals surface area contributed by atoms with E-state index in [0.717, 1.165) is 5.56 Å². The summed E-state index contributed by atoms with van der Waals surface area (Å²) >= 11 is 0. The monoisotopic (exact) mass is 432 g/mol. The van der Waals surface area contributed by atoms with Gasteiger partial charge in [0, 0.05) is 25.6 Å². The van der Waals surface area contributed by atoms with Crippen molar-refractivity contribution in [2.75, 3.05) is 27.0 Å². The molecule has 8 nitrogen and oxygen atoms in total. The fourth-order valence-corrected chi connectivity index (χ4v) is 5.11. The van der Waals surface area contributed by atoms with Crippen molar-refractivity contribution < 1.29 is 27.4 Å². The lowest BCUT2D eigenvalue weighted by molar-refractivity contribution is -0.126. The molecular weight excluding hydrogens is 408 g/mol. The number of piperidine rings is 1. The average molecular weight is 432 g/mol. The highest BCUT2D eigenvalue weighted by atomic mass is 32.2. The van der Waals surface area contributed by atoms with Crippen LogP contribution in [0.2, 0.25) is 0 Å². The van der Waals surface area contributed by atoms with E-state index >= 15 is 0 Å². The van der Waals surface area contributed by atoms with Gasteiger partial charge in [-0.15, -0.1) is 0 Å². The molecule has 30 heavy (non-hydrogen) atoms. The second-order valence-electron chi connectivity index (χ2n) is 7.26. The first-order chi connectivity index (χ1) is 14.5. The third-order valence-corrected chi connectivity index (χ3v) is 7.34. The van der Waals surface area contributed by atoms with Crippen LogP contribution in [0.1, 0.15) is 18.4 Å². The predicted molar refractivity (Wildman–Crippen MR) is 109 cm³/mol. The van der Waals surface area contributed by atoms with Gasteiger partial charge in [0.2, 0.25) is 22.7 Å². The number of benzene rings is 2. The maximum atomic E-state index is 12.8. The topological polar surface area (TPSA) is 94.2 Å². The van der Waals surface area contributed by atoms with Crippen LogP contribution in [0.3, 0.4) is 0 Å². The van der Waals surface area contributed by atoms with Gasteiger partial charge in [-0.05, 0) is 54.8 Å². The lowest BCUT2D eigenvalue weighted by Gasteiger charge is -2.30. The van der Waals surface area contributed by atoms with Gasteiger partial charge in [-0.25, -0.2) is 8.42 Å². The van der Waals surface area contributed by atoms with Crippen LogP contribution in [-0.4, -0.2) is 45.6 Å². The molecular formula is C21H24N2O6S. The average Bonchev–Trinajstić information content (AvgIpc) is 3.25. The third-order valence-electron chi connectivity index (χ3n) is 5.43. The number of sulfonamides is 1. The van der Waals surface area contributed by atoms with Crippen LogP contribution in [0.4, 0.5) is 0 Å². The van der Waals surface area contributed by atoms with Crippen molar-refractivity contribution in [1.82, 2.24) is 9.62 Å². The minimum absolute atomic E-state index is 0.0610. The highest BCUT2D eigenvalue weighted by molar-refractivity contribution is 7.89. The maximum absolute atomic E-state index is 12.8. The van der Waals surface area contributed by atoms with Crippen molar-refractivity contribution in [1.29, 1.82) is 0 Å². The molecule has 0 aliphatic carbocycles. The number of carbonyl (C=O) groups is 1. The Bertz CT molecular complexity index is 1010. The van der Waals surface area contributed by atoms with E-state index in [1.165, 1.54) is 11.4 Å². The fourth-order valence-electron chi connectivity index (χ4n) is 3.64. The number of amides is 1. The highest BCUT2D eigenvalue weighted by Gasteiger charge is 2.32. The van der Waals surface area contributed by atoms with Gasteiger partial charge in [0.05, 0.1) is 12.0 Å². The third kappa shape index (κ3) is 4.22. The van der Waals surface area contributed by atoms with Crippen LogP contribution in [0.15, 0.2) is 47.4 Å². The zero-order valence-corrected chi connectivity index (χ0v) is 17.5. The van der Waals surface area contributed by atoms with Crippen LogP contribution in [0.25, 0.3) is 0 Å². The molecule has 2 aliphatic heterocycles. The fraction of sp³-hybridized carbons (Fsp3) is 0.381. The number of carbonyl (C=O) groups excluding carboxylic acids is 1. The number of hydrogen-bond donors (Lipinski definition) is 1. The van der Waals surface area contributed by atoms with E-state index in [4.69, 9.17) is 14.2 Å². The molecule has 9 heteroatoms. The van der Waals surface area contributed by atoms with E-state index in [1.54, 1.807) is 24.3 Å². The SMILES string of the molecule is COc1ccc(S(=O)(=O)N2CCC(C(=O)NCc3ccc4c(c3)OCO4)CC2)cc1. The zero-order valence-electron chi connectivity index (χ0n) is 16.7. The van der Waals surface area contributed by atoms with Gasteiger partial charge in [-0.3, -0.25) is 4.79 Å². The number of methoxy groups -OCH3 is 1. The summed E-state index contributed by atoms with van der Waals surface area (Å²) in [5.74, 6) is 1.72. The van der Waals surface area contributed by atoms with Crippen LogP contribution in [0.5, 0.6) is 17.2 Å². The first kappa shape index (κ1) is 20.5. The number of rotatable bonds is 6. The summed E-state index contributed by atoms with van der Waals surface area (Å²) in [6, 6.07) is 11.9. The van der Waals surface area contributed by atoms with E-state index in [2.05, 4.69) is 5.32 Å². The molecule has 2 aliphatic rings. The molecule has 1 saturated heterocycles. The Kier molecular flexibility index (Phi) is 5.83. The first-order valence-corrected chi connectivity index (χ1v) is 11.2. The predicted octanol–water partition coefficient (Wildman–Crippen LogP) is 2.14. The number of fused-ring (bicyclic) bond motifs is 1. The number of nitrogens with zero attached hydrogens (tertiary/aromatic N) is 1. The number of ether oxygens (including phenoxy) is 3. The molecule has 2 aromatic carbocycles. The Balaban J connectivity index is 1.30. The molecule has 0 atom stereocenters. The van der Waals surface area contributed by atoms with Crippen molar-refractivity contribution in [2.45, 2.75) is 24.3 Å². The Morgan fingerprint density at radius 1 is 1.10 bits per heavy atom. The molecule has 0 bridgehead atoms. The summed E-state index contributed by atoms with van der Waals surface area (Å²) in [6.45, 7) is 1.23. The van der Waals surface area contributed by atoms with Gasteiger partial charge >= 0.3 is 0 Å². The van der Waals surface area contributed by atoms with Crippen LogP contribution in [-0.2, 0) is 21.4 Å². The van der Waals surface area contributed by atoms with Gasteiger partial charge in [0.25, 0.3) is 0 Å². The Labute approximate surface area is 175 Å². The molecule has 1 N–H and O–H groups in total. The quantitative estimate of drug-likeness (QED) is 0.752. The van der Waals surface area contributed by atoms with Gasteiger partial charge in [0.1, 0.15) is 5.75 Å². The van der Waals surface area contributed by atoms with E-state index in [-0.39, 0.29) is 23.5 Å². The molecule has 4 rings (SSSR count). The first-order valence-electron chi connectivity index (χ1n) is 9.78. The van der Waals surface area contributed by atoms with Crippen molar-refractivity contribution in [3.8, 4) is 17.2 Å². The van der Waals surface area contributed by atoms with Crippen LogP contribution < -0.4 is 19.5 Å². The summed E-state index contributed by atoms with van der Waals surface area (Å²) < 4.78 is 42.8. The summed E-state index contributed by atoms with van der Waals surface area (Å²) in [7, 11) is -2.04. The smallest absolute Gasteiger partial charge is 0.243 e. The summed E-state index contributed by atoms with van der Waals surface area (Å²) in [4.78, 5) is 12.8. The molecule has 2 aromatic rings. The summed E-state index contributed by atoms with van der Waals surface area (Å²) in [6.07, 6.45) is 0.977. The minimum Gasteiger partial charge on any atom is -0.497 e. The minimum atomic E-state index is -3.58. The highest BCUT2D eigenvalue weighted by Crippen LogP contribution is 2.32. The van der Waals surface area contributed by atoms with Crippen LogP contribution in [0, 0.1) is 5.92 Å². The molecule has 0 spiro atoms. The number of nitrogens with one attached hydrogen (secondary N) is 1. The Morgan fingerprint density at radius 3 is 2.50 bits per heavy atom.